The molecule has 5 aliphatic rings. The molecule has 0 aromatic heterocycles. The summed E-state index contributed by atoms with van der Waals surface area (Å²) in [5.41, 5.74) is -0.401. The zero-order valence-corrected chi connectivity index (χ0v) is 15.5. The minimum Gasteiger partial charge on any atom is -0.444 e. The van der Waals surface area contributed by atoms with E-state index in [0.29, 0.717) is 24.0 Å². The number of hydrogen-bond donors (Lipinski definition) is 1. The van der Waals surface area contributed by atoms with Crippen molar-refractivity contribution in [2.45, 2.75) is 76.6 Å². The fraction of sp³-hybridized carbons (Fsp3) is 0.947. The average molecular weight is 335 g/mol. The first-order chi connectivity index (χ1) is 11.4. The Kier molecular flexibility index (Phi) is 4.28. The maximum Gasteiger partial charge on any atom is 0.410 e. The molecule has 3 saturated heterocycles. The van der Waals surface area contributed by atoms with Crippen LogP contribution >= 0.6 is 0 Å². The van der Waals surface area contributed by atoms with Gasteiger partial charge in [-0.05, 0) is 77.8 Å². The van der Waals surface area contributed by atoms with Crippen LogP contribution in [0.15, 0.2) is 0 Å². The van der Waals surface area contributed by atoms with Crippen molar-refractivity contribution < 1.29 is 9.53 Å². The molecular weight excluding hydrogens is 302 g/mol. The van der Waals surface area contributed by atoms with Gasteiger partial charge in [0.15, 0.2) is 0 Å². The number of fused-ring (bicyclic) bond motifs is 1. The van der Waals surface area contributed by atoms with E-state index in [1.54, 1.807) is 0 Å². The van der Waals surface area contributed by atoms with Crippen LogP contribution in [0.25, 0.3) is 0 Å². The van der Waals surface area contributed by atoms with E-state index in [4.69, 9.17) is 4.74 Å². The molecule has 5 rings (SSSR count). The fourth-order valence-corrected chi connectivity index (χ4v) is 4.62. The zero-order valence-electron chi connectivity index (χ0n) is 15.5. The third-order valence-electron chi connectivity index (χ3n) is 6.16. The minimum absolute atomic E-state index is 0.126. The van der Waals surface area contributed by atoms with E-state index in [0.717, 1.165) is 18.9 Å². The average Bonchev–Trinajstić information content (AvgIpc) is 3.09. The zero-order chi connectivity index (χ0) is 16.9. The molecule has 0 aromatic rings. The molecule has 3 atom stereocenters. The van der Waals surface area contributed by atoms with Gasteiger partial charge in [-0.15, -0.1) is 0 Å². The summed E-state index contributed by atoms with van der Waals surface area (Å²) in [5.74, 6) is 1.63. The molecule has 3 heterocycles. The summed E-state index contributed by atoms with van der Waals surface area (Å²) in [7, 11) is 0. The maximum absolute atomic E-state index is 12.4. The predicted octanol–water partition coefficient (Wildman–Crippen LogP) is 2.46. The molecule has 5 nitrogen and oxygen atoms in total. The van der Waals surface area contributed by atoms with Crippen molar-refractivity contribution >= 4 is 6.09 Å². The molecule has 3 aliphatic heterocycles. The minimum atomic E-state index is -0.401. The third-order valence-corrected chi connectivity index (χ3v) is 6.16. The Labute approximate surface area is 146 Å². The summed E-state index contributed by atoms with van der Waals surface area (Å²) >= 11 is 0. The van der Waals surface area contributed by atoms with E-state index in [1.807, 2.05) is 25.7 Å². The van der Waals surface area contributed by atoms with Gasteiger partial charge >= 0.3 is 6.09 Å². The van der Waals surface area contributed by atoms with Gasteiger partial charge in [-0.25, -0.2) is 4.79 Å². The lowest BCUT2D eigenvalue weighted by Crippen LogP contribution is -2.58. The van der Waals surface area contributed by atoms with Crippen LogP contribution in [-0.2, 0) is 4.74 Å². The van der Waals surface area contributed by atoms with Gasteiger partial charge in [-0.3, -0.25) is 0 Å². The first-order valence-corrected chi connectivity index (χ1v) is 9.87. The smallest absolute Gasteiger partial charge is 0.410 e. The Balaban J connectivity index is 1.23. The Morgan fingerprint density at radius 3 is 2.50 bits per heavy atom. The highest BCUT2D eigenvalue weighted by Gasteiger charge is 2.55. The van der Waals surface area contributed by atoms with Crippen molar-refractivity contribution in [1.82, 2.24) is 15.1 Å². The van der Waals surface area contributed by atoms with Gasteiger partial charge in [0.2, 0.25) is 0 Å². The van der Waals surface area contributed by atoms with Crippen LogP contribution in [0.2, 0.25) is 0 Å². The molecule has 136 valence electrons. The molecule has 0 spiro atoms. The summed E-state index contributed by atoms with van der Waals surface area (Å²) < 4.78 is 5.57. The molecule has 2 saturated carbocycles. The standard InChI is InChI=1S/C19H33N3O2/c1-19(2,3)24-18(23)22-12-14-10-16(22)17(14)20-15-6-8-21(9-7-15)11-13-4-5-13/h13-17,20H,4-12H2,1-3H3. The highest BCUT2D eigenvalue weighted by Crippen LogP contribution is 2.42. The van der Waals surface area contributed by atoms with Crippen molar-refractivity contribution in [3.63, 3.8) is 0 Å². The summed E-state index contributed by atoms with van der Waals surface area (Å²) in [4.78, 5) is 17.0. The van der Waals surface area contributed by atoms with Crippen molar-refractivity contribution in [1.29, 1.82) is 0 Å². The van der Waals surface area contributed by atoms with Gasteiger partial charge in [0.25, 0.3) is 0 Å². The summed E-state index contributed by atoms with van der Waals surface area (Å²) in [6.07, 6.45) is 6.44. The van der Waals surface area contributed by atoms with E-state index < -0.39 is 5.60 Å². The molecule has 3 unspecified atom stereocenters. The molecule has 5 fully saturated rings. The first-order valence-electron chi connectivity index (χ1n) is 9.87. The number of ether oxygens (including phenoxy) is 1. The van der Waals surface area contributed by atoms with Crippen LogP contribution in [0.1, 0.15) is 52.9 Å². The van der Waals surface area contributed by atoms with Crippen LogP contribution in [0.4, 0.5) is 4.79 Å². The molecule has 0 aromatic carbocycles. The lowest BCUT2D eigenvalue weighted by molar-refractivity contribution is 0.0215. The fourth-order valence-electron chi connectivity index (χ4n) is 4.62. The Morgan fingerprint density at radius 1 is 1.17 bits per heavy atom. The van der Waals surface area contributed by atoms with E-state index in [9.17, 15) is 4.79 Å². The number of piperidine rings is 1. The van der Waals surface area contributed by atoms with E-state index in [2.05, 4.69) is 10.2 Å². The second kappa shape index (κ2) is 6.17. The van der Waals surface area contributed by atoms with Crippen molar-refractivity contribution in [3.05, 3.63) is 0 Å². The molecule has 0 radical (unpaired) electrons. The van der Waals surface area contributed by atoms with Gasteiger partial charge in [-0.1, -0.05) is 0 Å². The number of hydrogen-bond acceptors (Lipinski definition) is 4. The van der Waals surface area contributed by atoms with Gasteiger partial charge in [0.05, 0.1) is 6.04 Å². The van der Waals surface area contributed by atoms with Gasteiger partial charge in [0.1, 0.15) is 5.60 Å². The summed E-state index contributed by atoms with van der Waals surface area (Å²) in [6, 6.07) is 1.49. The van der Waals surface area contributed by atoms with Gasteiger partial charge < -0.3 is 19.9 Å². The van der Waals surface area contributed by atoms with Crippen molar-refractivity contribution in [3.8, 4) is 0 Å². The largest absolute Gasteiger partial charge is 0.444 e. The molecule has 1 amide bonds. The van der Waals surface area contributed by atoms with E-state index in [-0.39, 0.29) is 6.09 Å². The van der Waals surface area contributed by atoms with Crippen LogP contribution in [0.3, 0.4) is 0 Å². The number of nitrogens with zero attached hydrogens (tertiary/aromatic N) is 2. The number of likely N-dealkylation sites (tertiary alicyclic amines) is 1. The van der Waals surface area contributed by atoms with E-state index >= 15 is 0 Å². The molecule has 2 bridgehead atoms. The number of carbonyl (C=O) groups excluding carboxylic acids is 1. The monoisotopic (exact) mass is 335 g/mol. The summed E-state index contributed by atoms with van der Waals surface area (Å²) in [6.45, 7) is 10.5. The van der Waals surface area contributed by atoms with Crippen LogP contribution in [-0.4, -0.2) is 65.8 Å². The van der Waals surface area contributed by atoms with Crippen molar-refractivity contribution in [2.75, 3.05) is 26.2 Å². The normalized spacial score (nSPS) is 34.3. The molecule has 5 heteroatoms. The Hall–Kier alpha value is -0.810. The lowest BCUT2D eigenvalue weighted by Gasteiger charge is -2.42. The number of amides is 1. The third kappa shape index (κ3) is 3.57. The molecular formula is C19H33N3O2. The van der Waals surface area contributed by atoms with E-state index in [1.165, 1.54) is 45.3 Å². The lowest BCUT2D eigenvalue weighted by atomic mass is 9.79. The topological polar surface area (TPSA) is 44.8 Å². The van der Waals surface area contributed by atoms with Crippen molar-refractivity contribution in [2.24, 2.45) is 11.8 Å². The molecule has 24 heavy (non-hydrogen) atoms. The van der Waals surface area contributed by atoms with Crippen LogP contribution in [0.5, 0.6) is 0 Å². The molecule has 1 N–H and O–H groups in total. The van der Waals surface area contributed by atoms with Crippen LogP contribution < -0.4 is 5.32 Å². The second-order valence-corrected chi connectivity index (χ2v) is 9.41. The van der Waals surface area contributed by atoms with Gasteiger partial charge in [-0.2, -0.15) is 0 Å². The SMILES string of the molecule is CC(C)(C)OC(=O)N1CC2CC1C2NC1CCN(CC2CC2)CC1. The van der Waals surface area contributed by atoms with Gasteiger partial charge in [0, 0.05) is 25.2 Å². The number of nitrogens with one attached hydrogen (secondary N) is 1. The highest BCUT2D eigenvalue weighted by molar-refractivity contribution is 5.70. The Bertz CT molecular complexity index is 477. The quantitative estimate of drug-likeness (QED) is 0.857. The Morgan fingerprint density at radius 2 is 1.88 bits per heavy atom. The molecule has 2 aliphatic carbocycles. The highest BCUT2D eigenvalue weighted by atomic mass is 16.6. The number of rotatable bonds is 4. The van der Waals surface area contributed by atoms with Crippen LogP contribution in [0, 0.1) is 11.8 Å². The first kappa shape index (κ1) is 16.6. The predicted molar refractivity (Wildman–Crippen MR) is 93.9 cm³/mol. The second-order valence-electron chi connectivity index (χ2n) is 9.41. The maximum atomic E-state index is 12.4. The summed E-state index contributed by atoms with van der Waals surface area (Å²) in [5, 5.41) is 3.88. The number of carbonyl (C=O) groups is 1.